The second kappa shape index (κ2) is 6.68. The largest absolute Gasteiger partial charge is 0.355 e. The molecule has 0 atom stereocenters. The summed E-state index contributed by atoms with van der Waals surface area (Å²) in [6.07, 6.45) is 2.59. The lowest BCUT2D eigenvalue weighted by molar-refractivity contribution is 0.433. The maximum atomic E-state index is 12.7. The summed E-state index contributed by atoms with van der Waals surface area (Å²) in [4.78, 5) is 6.93. The van der Waals surface area contributed by atoms with Crippen LogP contribution in [0.3, 0.4) is 0 Å². The van der Waals surface area contributed by atoms with Crippen LogP contribution >= 0.6 is 0 Å². The van der Waals surface area contributed by atoms with E-state index in [-0.39, 0.29) is 0 Å². The number of anilines is 1. The quantitative estimate of drug-likeness (QED) is 0.866. The van der Waals surface area contributed by atoms with Crippen molar-refractivity contribution in [3.8, 4) is 0 Å². The van der Waals surface area contributed by atoms with Gasteiger partial charge in [0, 0.05) is 32.4 Å². The first-order chi connectivity index (χ1) is 11.1. The zero-order valence-electron chi connectivity index (χ0n) is 13.2. The van der Waals surface area contributed by atoms with E-state index < -0.39 is 10.0 Å². The molecule has 1 fully saturated rings. The lowest BCUT2D eigenvalue weighted by atomic mass is 10.3. The minimum Gasteiger partial charge on any atom is -0.355 e. The van der Waals surface area contributed by atoms with Gasteiger partial charge in [-0.15, -0.1) is 0 Å². The molecule has 2 aromatic rings. The van der Waals surface area contributed by atoms with Gasteiger partial charge in [-0.25, -0.2) is 13.4 Å². The number of benzene rings is 1. The smallest absolute Gasteiger partial charge is 0.243 e. The maximum Gasteiger partial charge on any atom is 0.243 e. The first-order valence-corrected chi connectivity index (χ1v) is 9.24. The molecule has 1 aliphatic heterocycles. The summed E-state index contributed by atoms with van der Waals surface area (Å²) in [5.41, 5.74) is 1.16. The van der Waals surface area contributed by atoms with Crippen LogP contribution in [0.4, 0.5) is 5.82 Å². The molecule has 0 amide bonds. The Morgan fingerprint density at radius 2 is 1.78 bits per heavy atom. The molecule has 2 heterocycles. The zero-order chi connectivity index (χ0) is 16.3. The van der Waals surface area contributed by atoms with Crippen molar-refractivity contribution in [2.75, 3.05) is 31.1 Å². The molecule has 1 aliphatic rings. The Bertz CT molecular complexity index is 762. The molecule has 6 heteroatoms. The molecule has 0 aliphatic carbocycles. The van der Waals surface area contributed by atoms with Crippen LogP contribution in [0.2, 0.25) is 0 Å². The van der Waals surface area contributed by atoms with Crippen molar-refractivity contribution in [3.63, 3.8) is 0 Å². The number of pyridine rings is 1. The summed E-state index contributed by atoms with van der Waals surface area (Å²) in [7, 11) is -3.41. The fourth-order valence-corrected chi connectivity index (χ4v) is 4.29. The Hall–Kier alpha value is -1.92. The summed E-state index contributed by atoms with van der Waals surface area (Å²) in [6, 6.07) is 12.7. The third kappa shape index (κ3) is 3.54. The number of sulfonamides is 1. The van der Waals surface area contributed by atoms with E-state index in [1.54, 1.807) is 34.8 Å². The highest BCUT2D eigenvalue weighted by molar-refractivity contribution is 7.89. The Balaban J connectivity index is 1.76. The minimum absolute atomic E-state index is 0.363. The van der Waals surface area contributed by atoms with E-state index in [9.17, 15) is 8.42 Å². The summed E-state index contributed by atoms with van der Waals surface area (Å²) in [5, 5.41) is 0. The van der Waals surface area contributed by atoms with Gasteiger partial charge in [-0.05, 0) is 43.2 Å². The van der Waals surface area contributed by atoms with Crippen molar-refractivity contribution in [2.45, 2.75) is 18.2 Å². The molecule has 3 rings (SSSR count). The third-order valence-electron chi connectivity index (χ3n) is 4.06. The molecule has 5 nitrogen and oxygen atoms in total. The Kier molecular flexibility index (Phi) is 4.63. The number of nitrogens with zero attached hydrogens (tertiary/aromatic N) is 3. The molecule has 122 valence electrons. The van der Waals surface area contributed by atoms with Crippen LogP contribution in [-0.2, 0) is 10.0 Å². The monoisotopic (exact) mass is 331 g/mol. The van der Waals surface area contributed by atoms with Crippen molar-refractivity contribution in [1.82, 2.24) is 9.29 Å². The van der Waals surface area contributed by atoms with E-state index in [4.69, 9.17) is 0 Å². The molecule has 23 heavy (non-hydrogen) atoms. The molecule has 1 aromatic carbocycles. The van der Waals surface area contributed by atoms with Crippen LogP contribution in [0.5, 0.6) is 0 Å². The molecule has 0 spiro atoms. The molecular formula is C17H21N3O2S. The lowest BCUT2D eigenvalue weighted by Gasteiger charge is -2.22. The normalized spacial score (nSPS) is 17.0. The average Bonchev–Trinajstić information content (AvgIpc) is 2.82. The van der Waals surface area contributed by atoms with E-state index in [2.05, 4.69) is 9.88 Å². The van der Waals surface area contributed by atoms with Gasteiger partial charge in [-0.3, -0.25) is 0 Å². The predicted octanol–water partition coefficient (Wildman–Crippen LogP) is 2.29. The topological polar surface area (TPSA) is 53.5 Å². The predicted molar refractivity (Wildman–Crippen MR) is 91.0 cm³/mol. The van der Waals surface area contributed by atoms with Gasteiger partial charge in [0.2, 0.25) is 10.0 Å². The van der Waals surface area contributed by atoms with Crippen LogP contribution in [-0.4, -0.2) is 43.9 Å². The molecule has 0 N–H and O–H groups in total. The highest BCUT2D eigenvalue weighted by Crippen LogP contribution is 2.20. The number of hydrogen-bond acceptors (Lipinski definition) is 4. The second-order valence-corrected chi connectivity index (χ2v) is 7.69. The Morgan fingerprint density at radius 1 is 1.00 bits per heavy atom. The van der Waals surface area contributed by atoms with Gasteiger partial charge in [0.05, 0.1) is 4.90 Å². The van der Waals surface area contributed by atoms with Crippen molar-refractivity contribution >= 4 is 15.8 Å². The van der Waals surface area contributed by atoms with Crippen LogP contribution in [0.25, 0.3) is 0 Å². The lowest BCUT2D eigenvalue weighted by Crippen LogP contribution is -2.35. The van der Waals surface area contributed by atoms with E-state index in [0.29, 0.717) is 24.5 Å². The number of hydrogen-bond donors (Lipinski definition) is 0. The van der Waals surface area contributed by atoms with Crippen LogP contribution in [0.15, 0.2) is 53.6 Å². The number of rotatable bonds is 3. The van der Waals surface area contributed by atoms with Gasteiger partial charge in [-0.2, -0.15) is 4.31 Å². The first-order valence-electron chi connectivity index (χ1n) is 7.80. The highest BCUT2D eigenvalue weighted by atomic mass is 32.2. The molecule has 1 saturated heterocycles. The molecule has 0 saturated carbocycles. The van der Waals surface area contributed by atoms with Gasteiger partial charge >= 0.3 is 0 Å². The minimum atomic E-state index is -3.41. The molecular weight excluding hydrogens is 310 g/mol. The number of aromatic nitrogens is 1. The molecule has 0 unspecified atom stereocenters. The summed E-state index contributed by atoms with van der Waals surface area (Å²) in [5.74, 6) is 0.920. The van der Waals surface area contributed by atoms with Crippen molar-refractivity contribution in [2.24, 2.45) is 0 Å². The van der Waals surface area contributed by atoms with Gasteiger partial charge in [0.25, 0.3) is 0 Å². The van der Waals surface area contributed by atoms with Gasteiger partial charge in [-0.1, -0.05) is 18.2 Å². The van der Waals surface area contributed by atoms with Crippen molar-refractivity contribution in [1.29, 1.82) is 0 Å². The van der Waals surface area contributed by atoms with E-state index in [1.807, 2.05) is 25.1 Å². The van der Waals surface area contributed by atoms with Crippen molar-refractivity contribution in [3.05, 3.63) is 54.2 Å². The SMILES string of the molecule is Cc1ccnc(N2CCCN(S(=O)(=O)c3ccccc3)CC2)c1. The summed E-state index contributed by atoms with van der Waals surface area (Å²) < 4.78 is 27.0. The van der Waals surface area contributed by atoms with Gasteiger partial charge in [0.15, 0.2) is 0 Å². The van der Waals surface area contributed by atoms with Crippen LogP contribution in [0, 0.1) is 6.92 Å². The highest BCUT2D eigenvalue weighted by Gasteiger charge is 2.26. The maximum absolute atomic E-state index is 12.7. The van der Waals surface area contributed by atoms with Crippen LogP contribution < -0.4 is 4.90 Å². The first kappa shape index (κ1) is 16.0. The fourth-order valence-electron chi connectivity index (χ4n) is 2.80. The standard InChI is InChI=1S/C17H21N3O2S/c1-15-8-9-18-17(14-15)19-10-5-11-20(13-12-19)23(21,22)16-6-3-2-4-7-16/h2-4,6-9,14H,5,10-13H2,1H3. The number of aryl methyl sites for hydroxylation is 1. The van der Waals surface area contributed by atoms with E-state index in [0.717, 1.165) is 24.3 Å². The Labute approximate surface area is 137 Å². The summed E-state index contributed by atoms with van der Waals surface area (Å²) >= 11 is 0. The van der Waals surface area contributed by atoms with Crippen molar-refractivity contribution < 1.29 is 8.42 Å². The van der Waals surface area contributed by atoms with E-state index >= 15 is 0 Å². The second-order valence-electron chi connectivity index (χ2n) is 5.75. The Morgan fingerprint density at radius 3 is 2.52 bits per heavy atom. The van der Waals surface area contributed by atoms with Gasteiger partial charge in [0.1, 0.15) is 5.82 Å². The molecule has 0 radical (unpaired) electrons. The van der Waals surface area contributed by atoms with Crippen LogP contribution in [0.1, 0.15) is 12.0 Å². The van der Waals surface area contributed by atoms with Gasteiger partial charge < -0.3 is 4.90 Å². The molecule has 1 aromatic heterocycles. The molecule has 0 bridgehead atoms. The fraction of sp³-hybridized carbons (Fsp3) is 0.353. The van der Waals surface area contributed by atoms with E-state index in [1.165, 1.54) is 0 Å². The third-order valence-corrected chi connectivity index (χ3v) is 5.97. The zero-order valence-corrected chi connectivity index (χ0v) is 14.0. The summed E-state index contributed by atoms with van der Waals surface area (Å²) in [6.45, 7) is 4.53. The average molecular weight is 331 g/mol.